The van der Waals surface area contributed by atoms with Gasteiger partial charge in [0.2, 0.25) is 0 Å². The molecular formula is C16H18O4. The van der Waals surface area contributed by atoms with E-state index in [0.29, 0.717) is 11.1 Å². The van der Waals surface area contributed by atoms with Crippen LogP contribution in [0.25, 0.3) is 11.1 Å². The van der Waals surface area contributed by atoms with E-state index in [-0.39, 0.29) is 13.2 Å². The van der Waals surface area contributed by atoms with Gasteiger partial charge in [-0.1, -0.05) is 48.5 Å². The molecule has 0 amide bonds. The van der Waals surface area contributed by atoms with Crippen LogP contribution in [0.5, 0.6) is 0 Å². The van der Waals surface area contributed by atoms with E-state index in [0.717, 1.165) is 11.1 Å². The standard InChI is InChI=1S/C16H18O4/c17-9-15(19)12-7-5-11(6-8-12)13-3-1-2-4-14(13)16(20)10-18/h1-8,15-20H,9-10H2. The SMILES string of the molecule is OCC(O)c1ccc(-c2ccccc2C(O)CO)cc1. The molecule has 4 heteroatoms. The summed E-state index contributed by atoms with van der Waals surface area (Å²) >= 11 is 0. The fraction of sp³-hybridized carbons (Fsp3) is 0.250. The van der Waals surface area contributed by atoms with Gasteiger partial charge in [0.1, 0.15) is 12.2 Å². The molecule has 0 spiro atoms. The highest BCUT2D eigenvalue weighted by molar-refractivity contribution is 5.68. The molecule has 0 heterocycles. The third kappa shape index (κ3) is 3.05. The lowest BCUT2D eigenvalue weighted by atomic mass is 9.95. The first-order valence-electron chi connectivity index (χ1n) is 6.44. The molecule has 2 aromatic carbocycles. The minimum atomic E-state index is -0.922. The zero-order valence-electron chi connectivity index (χ0n) is 11.0. The van der Waals surface area contributed by atoms with E-state index >= 15 is 0 Å². The van der Waals surface area contributed by atoms with Gasteiger partial charge in [-0.25, -0.2) is 0 Å². The monoisotopic (exact) mass is 274 g/mol. The van der Waals surface area contributed by atoms with Crippen LogP contribution < -0.4 is 0 Å². The molecule has 2 unspecified atom stereocenters. The van der Waals surface area contributed by atoms with Crippen molar-refractivity contribution in [3.63, 3.8) is 0 Å². The number of hydrogen-bond donors (Lipinski definition) is 4. The molecule has 0 saturated carbocycles. The minimum absolute atomic E-state index is 0.320. The smallest absolute Gasteiger partial charge is 0.103 e. The number of hydrogen-bond acceptors (Lipinski definition) is 4. The molecule has 0 saturated heterocycles. The highest BCUT2D eigenvalue weighted by Crippen LogP contribution is 2.29. The predicted octanol–water partition coefficient (Wildman–Crippen LogP) is 1.40. The van der Waals surface area contributed by atoms with Crippen LogP contribution >= 0.6 is 0 Å². The van der Waals surface area contributed by atoms with E-state index in [1.165, 1.54) is 0 Å². The molecule has 4 nitrogen and oxygen atoms in total. The molecule has 0 radical (unpaired) electrons. The number of rotatable bonds is 5. The van der Waals surface area contributed by atoms with E-state index in [2.05, 4.69) is 0 Å². The Hall–Kier alpha value is -1.72. The van der Waals surface area contributed by atoms with Crippen molar-refractivity contribution in [2.75, 3.05) is 13.2 Å². The molecule has 0 bridgehead atoms. The Bertz CT molecular complexity index is 551. The van der Waals surface area contributed by atoms with E-state index in [9.17, 15) is 10.2 Å². The first-order valence-corrected chi connectivity index (χ1v) is 6.44. The fourth-order valence-electron chi connectivity index (χ4n) is 2.14. The van der Waals surface area contributed by atoms with Gasteiger partial charge in [-0.2, -0.15) is 0 Å². The van der Waals surface area contributed by atoms with Gasteiger partial charge in [0.15, 0.2) is 0 Å². The molecule has 0 fully saturated rings. The second kappa shape index (κ2) is 6.63. The van der Waals surface area contributed by atoms with Gasteiger partial charge in [0.05, 0.1) is 13.2 Å². The van der Waals surface area contributed by atoms with E-state index in [4.69, 9.17) is 10.2 Å². The molecule has 106 valence electrons. The maximum atomic E-state index is 9.83. The molecule has 0 aliphatic carbocycles. The minimum Gasteiger partial charge on any atom is -0.393 e. The average molecular weight is 274 g/mol. The quantitative estimate of drug-likeness (QED) is 0.664. The van der Waals surface area contributed by atoms with Gasteiger partial charge in [-0.05, 0) is 22.3 Å². The van der Waals surface area contributed by atoms with E-state index in [1.807, 2.05) is 30.3 Å². The number of benzene rings is 2. The van der Waals surface area contributed by atoms with Gasteiger partial charge in [0.25, 0.3) is 0 Å². The third-order valence-corrected chi connectivity index (χ3v) is 3.27. The van der Waals surface area contributed by atoms with Crippen molar-refractivity contribution < 1.29 is 20.4 Å². The summed E-state index contributed by atoms with van der Waals surface area (Å²) in [5.74, 6) is 0. The topological polar surface area (TPSA) is 80.9 Å². The van der Waals surface area contributed by atoms with E-state index < -0.39 is 12.2 Å². The van der Waals surface area contributed by atoms with Crippen LogP contribution in [0.3, 0.4) is 0 Å². The molecular weight excluding hydrogens is 256 g/mol. The maximum Gasteiger partial charge on any atom is 0.103 e. The zero-order chi connectivity index (χ0) is 14.5. The fourth-order valence-corrected chi connectivity index (χ4v) is 2.14. The molecule has 4 N–H and O–H groups in total. The Kier molecular flexibility index (Phi) is 4.87. The van der Waals surface area contributed by atoms with Crippen LogP contribution in [0.1, 0.15) is 23.3 Å². The van der Waals surface area contributed by atoms with Crippen LogP contribution in [0.2, 0.25) is 0 Å². The second-order valence-corrected chi connectivity index (χ2v) is 4.61. The Morgan fingerprint density at radius 2 is 1.35 bits per heavy atom. The average Bonchev–Trinajstić information content (AvgIpc) is 2.53. The van der Waals surface area contributed by atoms with Crippen LogP contribution in [0.15, 0.2) is 48.5 Å². The Morgan fingerprint density at radius 3 is 1.95 bits per heavy atom. The molecule has 0 aliphatic heterocycles. The lowest BCUT2D eigenvalue weighted by Crippen LogP contribution is -2.04. The van der Waals surface area contributed by atoms with Crippen molar-refractivity contribution in [2.24, 2.45) is 0 Å². The largest absolute Gasteiger partial charge is 0.393 e. The molecule has 2 rings (SSSR count). The predicted molar refractivity (Wildman–Crippen MR) is 76.0 cm³/mol. The Balaban J connectivity index is 2.37. The summed E-state index contributed by atoms with van der Waals surface area (Å²) in [6.45, 7) is -0.655. The highest BCUT2D eigenvalue weighted by atomic mass is 16.3. The maximum absolute atomic E-state index is 9.83. The summed E-state index contributed by atoms with van der Waals surface area (Å²) < 4.78 is 0. The van der Waals surface area contributed by atoms with Crippen molar-refractivity contribution in [1.29, 1.82) is 0 Å². The van der Waals surface area contributed by atoms with Crippen molar-refractivity contribution in [3.05, 3.63) is 59.7 Å². The van der Waals surface area contributed by atoms with Crippen molar-refractivity contribution in [2.45, 2.75) is 12.2 Å². The van der Waals surface area contributed by atoms with Gasteiger partial charge in [-0.3, -0.25) is 0 Å². The summed E-state index contributed by atoms with van der Waals surface area (Å²) in [6.07, 6.45) is -1.81. The van der Waals surface area contributed by atoms with Crippen molar-refractivity contribution in [3.8, 4) is 11.1 Å². The third-order valence-electron chi connectivity index (χ3n) is 3.27. The molecule has 20 heavy (non-hydrogen) atoms. The summed E-state index contributed by atoms with van der Waals surface area (Å²) in [6, 6.07) is 14.4. The molecule has 2 atom stereocenters. The highest BCUT2D eigenvalue weighted by Gasteiger charge is 2.13. The molecule has 0 aliphatic rings. The lowest BCUT2D eigenvalue weighted by molar-refractivity contribution is 0.0955. The van der Waals surface area contributed by atoms with Crippen molar-refractivity contribution >= 4 is 0 Å². The second-order valence-electron chi connectivity index (χ2n) is 4.61. The van der Waals surface area contributed by atoms with Crippen molar-refractivity contribution in [1.82, 2.24) is 0 Å². The van der Waals surface area contributed by atoms with Crippen LogP contribution in [-0.4, -0.2) is 33.6 Å². The summed E-state index contributed by atoms with van der Waals surface area (Å²) in [7, 11) is 0. The summed E-state index contributed by atoms with van der Waals surface area (Å²) in [4.78, 5) is 0. The Morgan fingerprint density at radius 1 is 0.750 bits per heavy atom. The summed E-state index contributed by atoms with van der Waals surface area (Å²) in [5.41, 5.74) is 3.00. The van der Waals surface area contributed by atoms with Crippen LogP contribution in [-0.2, 0) is 0 Å². The van der Waals surface area contributed by atoms with E-state index in [1.54, 1.807) is 18.2 Å². The first-order chi connectivity index (χ1) is 9.67. The lowest BCUT2D eigenvalue weighted by Gasteiger charge is -2.14. The molecule has 2 aromatic rings. The first kappa shape index (κ1) is 14.7. The number of aliphatic hydroxyl groups excluding tert-OH is 4. The van der Waals surface area contributed by atoms with Gasteiger partial charge in [-0.15, -0.1) is 0 Å². The number of aliphatic hydroxyl groups is 4. The normalized spacial score (nSPS) is 14.0. The van der Waals surface area contributed by atoms with Gasteiger partial charge in [0, 0.05) is 0 Å². The van der Waals surface area contributed by atoms with Crippen LogP contribution in [0.4, 0.5) is 0 Å². The summed E-state index contributed by atoms with van der Waals surface area (Å²) in [5, 5.41) is 37.4. The van der Waals surface area contributed by atoms with Crippen LogP contribution in [0, 0.1) is 0 Å². The van der Waals surface area contributed by atoms with Gasteiger partial charge < -0.3 is 20.4 Å². The Labute approximate surface area is 117 Å². The molecule has 0 aromatic heterocycles. The van der Waals surface area contributed by atoms with Gasteiger partial charge >= 0.3 is 0 Å². The zero-order valence-corrected chi connectivity index (χ0v) is 11.0.